The molecule has 9 nitrogen and oxygen atoms in total. The van der Waals surface area contributed by atoms with Gasteiger partial charge in [0, 0.05) is 0 Å². The Bertz CT molecular complexity index is 434. The molecular formula is C9H15N5O4. The summed E-state index contributed by atoms with van der Waals surface area (Å²) in [5.41, 5.74) is 16.8. The minimum atomic E-state index is -1.28. The summed E-state index contributed by atoms with van der Waals surface area (Å²) < 4.78 is 5.29. The van der Waals surface area contributed by atoms with Crippen molar-refractivity contribution in [3.8, 4) is 0 Å². The zero-order chi connectivity index (χ0) is 13.4. The SMILES string of the molecule is Nc1nc(N)c([C@@H]2O[C@H](CO)[C@@H](O)[C@H]2O)c(N)n1. The third-order valence-electron chi connectivity index (χ3n) is 2.85. The van der Waals surface area contributed by atoms with E-state index in [9.17, 15) is 10.2 Å². The molecule has 18 heavy (non-hydrogen) atoms. The Kier molecular flexibility index (Phi) is 3.22. The van der Waals surface area contributed by atoms with E-state index in [-0.39, 0.29) is 23.1 Å². The monoisotopic (exact) mass is 257 g/mol. The van der Waals surface area contributed by atoms with Crippen LogP contribution in [0.3, 0.4) is 0 Å². The molecule has 1 aliphatic heterocycles. The number of nitrogens with two attached hydrogens (primary N) is 3. The molecule has 0 spiro atoms. The van der Waals surface area contributed by atoms with E-state index >= 15 is 0 Å². The number of nitrogens with zero attached hydrogens (tertiary/aromatic N) is 2. The minimum absolute atomic E-state index is 0.0326. The largest absolute Gasteiger partial charge is 0.394 e. The molecule has 0 amide bonds. The van der Waals surface area contributed by atoms with Crippen molar-refractivity contribution in [3.05, 3.63) is 5.56 Å². The van der Waals surface area contributed by atoms with Crippen LogP contribution in [0.5, 0.6) is 0 Å². The Morgan fingerprint density at radius 3 is 2.06 bits per heavy atom. The third kappa shape index (κ3) is 1.93. The van der Waals surface area contributed by atoms with Crippen molar-refractivity contribution in [3.63, 3.8) is 0 Å². The lowest BCUT2D eigenvalue weighted by Gasteiger charge is -2.17. The predicted molar refractivity (Wildman–Crippen MR) is 62.0 cm³/mol. The molecule has 1 saturated heterocycles. The zero-order valence-corrected chi connectivity index (χ0v) is 9.39. The van der Waals surface area contributed by atoms with Crippen LogP contribution >= 0.6 is 0 Å². The first-order valence-corrected chi connectivity index (χ1v) is 5.26. The summed E-state index contributed by atoms with van der Waals surface area (Å²) in [7, 11) is 0. The van der Waals surface area contributed by atoms with Gasteiger partial charge in [-0.2, -0.15) is 9.97 Å². The zero-order valence-electron chi connectivity index (χ0n) is 9.39. The number of aliphatic hydroxyl groups is 3. The quantitative estimate of drug-likeness (QED) is 0.331. The van der Waals surface area contributed by atoms with Crippen LogP contribution in [0.25, 0.3) is 0 Å². The molecule has 9 heteroatoms. The highest BCUT2D eigenvalue weighted by atomic mass is 16.6. The summed E-state index contributed by atoms with van der Waals surface area (Å²) in [6.45, 7) is -0.440. The molecule has 1 aromatic heterocycles. The van der Waals surface area contributed by atoms with Crippen LogP contribution in [-0.2, 0) is 4.74 Å². The minimum Gasteiger partial charge on any atom is -0.394 e. The van der Waals surface area contributed by atoms with Crippen molar-refractivity contribution in [1.82, 2.24) is 9.97 Å². The molecule has 0 aromatic carbocycles. The molecule has 9 N–H and O–H groups in total. The van der Waals surface area contributed by atoms with Crippen LogP contribution in [0.15, 0.2) is 0 Å². The maximum atomic E-state index is 9.85. The number of anilines is 3. The molecule has 0 bridgehead atoms. The van der Waals surface area contributed by atoms with Gasteiger partial charge in [0.25, 0.3) is 0 Å². The number of hydrogen-bond acceptors (Lipinski definition) is 9. The van der Waals surface area contributed by atoms with E-state index in [0.717, 1.165) is 0 Å². The van der Waals surface area contributed by atoms with Gasteiger partial charge in [0.2, 0.25) is 5.95 Å². The van der Waals surface area contributed by atoms with Crippen molar-refractivity contribution >= 4 is 17.6 Å². The van der Waals surface area contributed by atoms with Gasteiger partial charge in [0.05, 0.1) is 12.2 Å². The molecule has 2 heterocycles. The molecule has 1 fully saturated rings. The number of ether oxygens (including phenoxy) is 1. The van der Waals surface area contributed by atoms with Gasteiger partial charge >= 0.3 is 0 Å². The average Bonchev–Trinajstić information content (AvgIpc) is 2.56. The summed E-state index contributed by atoms with van der Waals surface area (Å²) in [5.74, 6) is -0.162. The first-order chi connectivity index (χ1) is 8.45. The summed E-state index contributed by atoms with van der Waals surface area (Å²) in [5, 5.41) is 28.5. The molecule has 1 aliphatic rings. The van der Waals surface area contributed by atoms with Crippen molar-refractivity contribution in [2.45, 2.75) is 24.4 Å². The van der Waals surface area contributed by atoms with Gasteiger partial charge in [0.15, 0.2) is 0 Å². The van der Waals surface area contributed by atoms with E-state index in [1.165, 1.54) is 0 Å². The third-order valence-corrected chi connectivity index (χ3v) is 2.85. The summed E-state index contributed by atoms with van der Waals surface area (Å²) in [6, 6.07) is 0. The van der Waals surface area contributed by atoms with Crippen molar-refractivity contribution in [1.29, 1.82) is 0 Å². The van der Waals surface area contributed by atoms with Gasteiger partial charge < -0.3 is 37.3 Å². The number of aliphatic hydroxyl groups excluding tert-OH is 3. The van der Waals surface area contributed by atoms with Crippen LogP contribution in [0.2, 0.25) is 0 Å². The molecule has 2 rings (SSSR count). The second kappa shape index (κ2) is 4.53. The van der Waals surface area contributed by atoms with Crippen LogP contribution in [0.4, 0.5) is 17.6 Å². The Morgan fingerprint density at radius 1 is 1.06 bits per heavy atom. The Balaban J connectivity index is 2.38. The Morgan fingerprint density at radius 2 is 1.61 bits per heavy atom. The van der Waals surface area contributed by atoms with E-state index in [2.05, 4.69) is 9.97 Å². The van der Waals surface area contributed by atoms with Crippen LogP contribution in [0, 0.1) is 0 Å². The molecule has 0 unspecified atom stereocenters. The average molecular weight is 257 g/mol. The van der Waals surface area contributed by atoms with Crippen LogP contribution in [0.1, 0.15) is 11.7 Å². The van der Waals surface area contributed by atoms with Crippen molar-refractivity contribution < 1.29 is 20.1 Å². The second-order valence-corrected chi connectivity index (χ2v) is 4.02. The standard InChI is InChI=1S/C9H15N5O4/c10-7-3(8(11)14-9(12)13-7)6-5(17)4(16)2(1-15)18-6/h2,4-6,15-17H,1H2,(H6,10,11,12,13,14)/t2-,4-,5-,6+/m1/s1. The lowest BCUT2D eigenvalue weighted by Crippen LogP contribution is -2.32. The van der Waals surface area contributed by atoms with Gasteiger partial charge in [0.1, 0.15) is 36.1 Å². The van der Waals surface area contributed by atoms with Crippen molar-refractivity contribution in [2.24, 2.45) is 0 Å². The number of rotatable bonds is 2. The first-order valence-electron chi connectivity index (χ1n) is 5.26. The van der Waals surface area contributed by atoms with E-state index in [1.54, 1.807) is 0 Å². The maximum Gasteiger partial charge on any atom is 0.223 e. The maximum absolute atomic E-state index is 9.85. The van der Waals surface area contributed by atoms with E-state index in [1.807, 2.05) is 0 Å². The summed E-state index contributed by atoms with van der Waals surface area (Å²) in [6.07, 6.45) is -4.44. The molecular weight excluding hydrogens is 242 g/mol. The lowest BCUT2D eigenvalue weighted by atomic mass is 10.0. The van der Waals surface area contributed by atoms with E-state index in [0.29, 0.717) is 0 Å². The summed E-state index contributed by atoms with van der Waals surface area (Å²) in [4.78, 5) is 7.44. The Labute approximate surface area is 102 Å². The molecule has 0 radical (unpaired) electrons. The van der Waals surface area contributed by atoms with Gasteiger partial charge in [-0.1, -0.05) is 0 Å². The molecule has 0 saturated carbocycles. The topological polar surface area (TPSA) is 174 Å². The fourth-order valence-corrected chi connectivity index (χ4v) is 1.95. The van der Waals surface area contributed by atoms with Crippen LogP contribution in [-0.4, -0.2) is 50.2 Å². The molecule has 100 valence electrons. The smallest absolute Gasteiger partial charge is 0.223 e. The molecule has 4 atom stereocenters. The highest BCUT2D eigenvalue weighted by molar-refractivity contribution is 5.57. The van der Waals surface area contributed by atoms with Crippen LogP contribution < -0.4 is 17.2 Å². The molecule has 0 aliphatic carbocycles. The van der Waals surface area contributed by atoms with E-state index < -0.39 is 31.0 Å². The first kappa shape index (κ1) is 12.8. The highest BCUT2D eigenvalue weighted by Gasteiger charge is 2.45. The molecule has 1 aromatic rings. The second-order valence-electron chi connectivity index (χ2n) is 4.02. The summed E-state index contributed by atoms with van der Waals surface area (Å²) >= 11 is 0. The normalized spacial score (nSPS) is 31.7. The fourth-order valence-electron chi connectivity index (χ4n) is 1.95. The lowest BCUT2D eigenvalue weighted by molar-refractivity contribution is -0.0225. The number of aromatic nitrogens is 2. The van der Waals surface area contributed by atoms with Gasteiger partial charge in [-0.05, 0) is 0 Å². The number of nitrogen functional groups attached to an aromatic ring is 3. The van der Waals surface area contributed by atoms with E-state index in [4.69, 9.17) is 27.0 Å². The van der Waals surface area contributed by atoms with Gasteiger partial charge in [-0.15, -0.1) is 0 Å². The van der Waals surface area contributed by atoms with Gasteiger partial charge in [-0.3, -0.25) is 0 Å². The number of hydrogen-bond donors (Lipinski definition) is 6. The Hall–Kier alpha value is -1.68. The highest BCUT2D eigenvalue weighted by Crippen LogP contribution is 2.38. The predicted octanol–water partition coefficient (Wildman–Crippen LogP) is -2.62. The van der Waals surface area contributed by atoms with Gasteiger partial charge in [-0.25, -0.2) is 0 Å². The van der Waals surface area contributed by atoms with Crippen molar-refractivity contribution in [2.75, 3.05) is 23.8 Å². The fraction of sp³-hybridized carbons (Fsp3) is 0.556.